The second kappa shape index (κ2) is 5.17. The third kappa shape index (κ3) is 2.44. The summed E-state index contributed by atoms with van der Waals surface area (Å²) in [7, 11) is 0. The van der Waals surface area contributed by atoms with Crippen molar-refractivity contribution in [2.45, 2.75) is 57.3 Å². The largest absolute Gasteiger partial charge is 0.328 e. The van der Waals surface area contributed by atoms with Crippen molar-refractivity contribution in [1.82, 2.24) is 9.55 Å². The lowest BCUT2D eigenvalue weighted by Crippen LogP contribution is -2.40. The number of hydrogen-bond donors (Lipinski definition) is 1. The van der Waals surface area contributed by atoms with E-state index in [0.717, 1.165) is 36.2 Å². The molecule has 1 fully saturated rings. The van der Waals surface area contributed by atoms with Crippen LogP contribution >= 0.6 is 0 Å². The highest BCUT2D eigenvalue weighted by molar-refractivity contribution is 5.75. The van der Waals surface area contributed by atoms with Crippen LogP contribution in [-0.4, -0.2) is 21.3 Å². The summed E-state index contributed by atoms with van der Waals surface area (Å²) >= 11 is 0. The molecule has 108 valence electrons. The van der Waals surface area contributed by atoms with E-state index in [-0.39, 0.29) is 6.04 Å². The van der Waals surface area contributed by atoms with Gasteiger partial charge in [0.15, 0.2) is 0 Å². The van der Waals surface area contributed by atoms with E-state index < -0.39 is 5.67 Å². The number of benzene rings is 1. The van der Waals surface area contributed by atoms with Crippen molar-refractivity contribution < 1.29 is 4.39 Å². The van der Waals surface area contributed by atoms with E-state index >= 15 is 4.39 Å². The van der Waals surface area contributed by atoms with Gasteiger partial charge in [-0.3, -0.25) is 0 Å². The minimum atomic E-state index is -1.19. The topological polar surface area (TPSA) is 43.8 Å². The van der Waals surface area contributed by atoms with Crippen molar-refractivity contribution in [3.63, 3.8) is 0 Å². The fourth-order valence-electron chi connectivity index (χ4n) is 3.41. The van der Waals surface area contributed by atoms with Gasteiger partial charge < -0.3 is 10.3 Å². The second-order valence-electron chi connectivity index (χ2n) is 5.95. The van der Waals surface area contributed by atoms with E-state index in [9.17, 15) is 0 Å². The molecule has 1 heterocycles. The molecule has 1 aliphatic rings. The molecule has 0 aliphatic heterocycles. The fraction of sp³-hybridized carbons (Fsp3) is 0.562. The highest BCUT2D eigenvalue weighted by atomic mass is 19.1. The maximum absolute atomic E-state index is 15.0. The number of aryl methyl sites for hydroxylation is 1. The normalized spacial score (nSPS) is 27.1. The number of nitrogens with two attached hydrogens (primary N) is 1. The van der Waals surface area contributed by atoms with Crippen LogP contribution in [0.3, 0.4) is 0 Å². The lowest BCUT2D eigenvalue weighted by molar-refractivity contribution is 0.0933. The summed E-state index contributed by atoms with van der Waals surface area (Å²) in [5.41, 5.74) is 6.80. The quantitative estimate of drug-likeness (QED) is 0.934. The second-order valence-corrected chi connectivity index (χ2v) is 5.95. The Morgan fingerprint density at radius 1 is 1.45 bits per heavy atom. The molecular weight excluding hydrogens is 253 g/mol. The molecule has 4 heteroatoms. The molecule has 2 aromatic rings. The van der Waals surface area contributed by atoms with Gasteiger partial charge in [-0.25, -0.2) is 9.37 Å². The van der Waals surface area contributed by atoms with Gasteiger partial charge in [0, 0.05) is 19.0 Å². The van der Waals surface area contributed by atoms with Crippen molar-refractivity contribution in [3.05, 3.63) is 30.1 Å². The molecule has 20 heavy (non-hydrogen) atoms. The predicted molar refractivity (Wildman–Crippen MR) is 79.4 cm³/mol. The van der Waals surface area contributed by atoms with Crippen LogP contribution in [0.15, 0.2) is 24.3 Å². The van der Waals surface area contributed by atoms with E-state index in [0.29, 0.717) is 19.3 Å². The van der Waals surface area contributed by atoms with Crippen molar-refractivity contribution in [3.8, 4) is 0 Å². The summed E-state index contributed by atoms with van der Waals surface area (Å²) in [4.78, 5) is 4.63. The Bertz CT molecular complexity index is 607. The fourth-order valence-corrected chi connectivity index (χ4v) is 3.41. The summed E-state index contributed by atoms with van der Waals surface area (Å²) in [6.45, 7) is 2.90. The van der Waals surface area contributed by atoms with Crippen LogP contribution in [0.5, 0.6) is 0 Å². The highest BCUT2D eigenvalue weighted by Gasteiger charge is 2.36. The van der Waals surface area contributed by atoms with E-state index in [4.69, 9.17) is 5.73 Å². The molecule has 1 aromatic carbocycles. The molecule has 0 saturated heterocycles. The monoisotopic (exact) mass is 275 g/mol. The van der Waals surface area contributed by atoms with Crippen LogP contribution in [0.25, 0.3) is 11.0 Å². The minimum absolute atomic E-state index is 0.00629. The number of alkyl halides is 1. The van der Waals surface area contributed by atoms with E-state index in [1.807, 2.05) is 24.3 Å². The first-order valence-corrected chi connectivity index (χ1v) is 7.50. The van der Waals surface area contributed by atoms with Crippen LogP contribution in [0, 0.1) is 0 Å². The summed E-state index contributed by atoms with van der Waals surface area (Å²) in [6, 6.07) is 8.01. The number of rotatable bonds is 3. The Labute approximate surface area is 119 Å². The predicted octanol–water partition coefficient (Wildman–Crippen LogP) is 3.21. The number of para-hydroxylation sites is 2. The van der Waals surface area contributed by atoms with Crippen LogP contribution in [0.1, 0.15) is 38.4 Å². The Hall–Kier alpha value is -1.42. The number of fused-ring (bicyclic) bond motifs is 1. The molecule has 0 radical (unpaired) electrons. The van der Waals surface area contributed by atoms with Gasteiger partial charge in [0.05, 0.1) is 11.0 Å². The molecule has 2 atom stereocenters. The average Bonchev–Trinajstić information content (AvgIpc) is 2.74. The Morgan fingerprint density at radius 3 is 3.00 bits per heavy atom. The van der Waals surface area contributed by atoms with Gasteiger partial charge in [0.25, 0.3) is 0 Å². The Kier molecular flexibility index (Phi) is 3.50. The molecule has 1 aromatic heterocycles. The Morgan fingerprint density at radius 2 is 2.25 bits per heavy atom. The maximum atomic E-state index is 15.0. The molecule has 1 saturated carbocycles. The summed E-state index contributed by atoms with van der Waals surface area (Å²) in [5, 5.41) is 0. The molecular formula is C16H22FN3. The third-order valence-electron chi connectivity index (χ3n) is 4.35. The lowest BCUT2D eigenvalue weighted by Gasteiger charge is -2.32. The minimum Gasteiger partial charge on any atom is -0.328 e. The molecule has 3 nitrogen and oxygen atoms in total. The smallest absolute Gasteiger partial charge is 0.119 e. The molecule has 0 amide bonds. The van der Waals surface area contributed by atoms with Crippen LogP contribution in [0.4, 0.5) is 4.39 Å². The number of aromatic nitrogens is 2. The van der Waals surface area contributed by atoms with Gasteiger partial charge in [-0.1, -0.05) is 12.1 Å². The zero-order valence-electron chi connectivity index (χ0n) is 12.0. The molecule has 2 N–H and O–H groups in total. The number of nitrogens with zero attached hydrogens (tertiary/aromatic N) is 2. The van der Waals surface area contributed by atoms with Crippen molar-refractivity contribution in [1.29, 1.82) is 0 Å². The van der Waals surface area contributed by atoms with Crippen LogP contribution in [0.2, 0.25) is 0 Å². The van der Waals surface area contributed by atoms with Gasteiger partial charge in [-0.15, -0.1) is 0 Å². The van der Waals surface area contributed by atoms with Gasteiger partial charge in [-0.2, -0.15) is 0 Å². The summed E-state index contributed by atoms with van der Waals surface area (Å²) in [5.74, 6) is 0.852. The zero-order valence-corrected chi connectivity index (χ0v) is 12.0. The summed E-state index contributed by atoms with van der Waals surface area (Å²) in [6.07, 6.45) is 3.26. The molecule has 0 spiro atoms. The van der Waals surface area contributed by atoms with E-state index in [1.165, 1.54) is 0 Å². The maximum Gasteiger partial charge on any atom is 0.119 e. The van der Waals surface area contributed by atoms with Gasteiger partial charge in [0.2, 0.25) is 0 Å². The third-order valence-corrected chi connectivity index (χ3v) is 4.35. The van der Waals surface area contributed by atoms with Crippen molar-refractivity contribution >= 4 is 11.0 Å². The number of imidazole rings is 1. The SMILES string of the molecule is CCn1c(CC2(F)CCCC(N)C2)nc2ccccc21. The molecule has 1 aliphatic carbocycles. The van der Waals surface area contributed by atoms with Crippen LogP contribution in [-0.2, 0) is 13.0 Å². The number of halogens is 1. The van der Waals surface area contributed by atoms with Gasteiger partial charge in [0.1, 0.15) is 11.5 Å². The molecule has 3 rings (SSSR count). The average molecular weight is 275 g/mol. The lowest BCUT2D eigenvalue weighted by atomic mass is 9.81. The first-order valence-electron chi connectivity index (χ1n) is 7.50. The zero-order chi connectivity index (χ0) is 14.2. The standard InChI is InChI=1S/C16H22FN3/c1-2-20-14-8-4-3-7-13(14)19-15(20)11-16(17)9-5-6-12(18)10-16/h3-4,7-8,12H,2,5-6,9-11,18H2,1H3. The van der Waals surface area contributed by atoms with Gasteiger partial charge >= 0.3 is 0 Å². The van der Waals surface area contributed by atoms with Crippen molar-refractivity contribution in [2.24, 2.45) is 5.73 Å². The molecule has 0 bridgehead atoms. The van der Waals surface area contributed by atoms with Crippen molar-refractivity contribution in [2.75, 3.05) is 0 Å². The van der Waals surface area contributed by atoms with Crippen LogP contribution < -0.4 is 5.73 Å². The first-order chi connectivity index (χ1) is 9.61. The number of hydrogen-bond acceptors (Lipinski definition) is 2. The van der Waals surface area contributed by atoms with Gasteiger partial charge in [-0.05, 0) is 44.7 Å². The summed E-state index contributed by atoms with van der Waals surface area (Å²) < 4.78 is 17.1. The Balaban J connectivity index is 1.94. The molecule has 2 unspecified atom stereocenters. The van der Waals surface area contributed by atoms with E-state index in [2.05, 4.69) is 16.5 Å². The van der Waals surface area contributed by atoms with E-state index in [1.54, 1.807) is 0 Å². The first kappa shape index (κ1) is 13.6. The highest BCUT2D eigenvalue weighted by Crippen LogP contribution is 2.34.